The van der Waals surface area contributed by atoms with Crippen molar-refractivity contribution in [2.75, 3.05) is 5.75 Å². The minimum absolute atomic E-state index is 0.0863. The minimum Gasteiger partial charge on any atom is -0.302 e. The fourth-order valence-corrected chi connectivity index (χ4v) is 4.21. The summed E-state index contributed by atoms with van der Waals surface area (Å²) in [4.78, 5) is 5.56. The number of thiazole rings is 1. The van der Waals surface area contributed by atoms with Crippen molar-refractivity contribution in [1.82, 2.24) is 10.3 Å². The lowest BCUT2D eigenvalue weighted by molar-refractivity contribution is 0.538. The van der Waals surface area contributed by atoms with Crippen LogP contribution >= 0.6 is 11.3 Å². The summed E-state index contributed by atoms with van der Waals surface area (Å²) in [5, 5.41) is 5.65. The highest BCUT2D eigenvalue weighted by atomic mass is 32.2. The second kappa shape index (κ2) is 4.51. The number of hydrogen-bond acceptors (Lipinski definition) is 5. The number of nitrogens with one attached hydrogen (secondary N) is 1. The zero-order valence-electron chi connectivity index (χ0n) is 10.1. The predicted molar refractivity (Wildman–Crippen MR) is 69.9 cm³/mol. The van der Waals surface area contributed by atoms with Crippen molar-refractivity contribution in [1.29, 1.82) is 0 Å². The monoisotopic (exact) mass is 272 g/mol. The molecule has 0 amide bonds. The molecule has 2 unspecified atom stereocenters. The molecule has 0 aliphatic carbocycles. The van der Waals surface area contributed by atoms with Gasteiger partial charge in [0, 0.05) is 22.4 Å². The van der Waals surface area contributed by atoms with E-state index in [-0.39, 0.29) is 17.8 Å². The molecule has 1 aromatic rings. The molecule has 1 aromatic heterocycles. The summed E-state index contributed by atoms with van der Waals surface area (Å²) in [6.45, 7) is 6.00. The molecule has 1 aliphatic heterocycles. The summed E-state index contributed by atoms with van der Waals surface area (Å²) in [6.07, 6.45) is 1.72. The average Bonchev–Trinajstić information content (AvgIpc) is 2.69. The van der Waals surface area contributed by atoms with Crippen molar-refractivity contribution < 1.29 is 8.42 Å². The van der Waals surface area contributed by atoms with Crippen LogP contribution in [0.15, 0.2) is 11.5 Å². The Morgan fingerprint density at radius 3 is 2.71 bits per heavy atom. The van der Waals surface area contributed by atoms with Crippen LogP contribution in [-0.2, 0) is 9.84 Å². The molecule has 2 atom stereocenters. The minimum atomic E-state index is -2.98. The van der Waals surface area contributed by atoms with Crippen molar-refractivity contribution >= 4 is 21.2 Å². The van der Waals surface area contributed by atoms with Crippen LogP contribution in [0.1, 0.15) is 28.5 Å². The van der Waals surface area contributed by atoms with Crippen LogP contribution in [0.2, 0.25) is 0 Å². The molecule has 1 aliphatic rings. The van der Waals surface area contributed by atoms with E-state index in [2.05, 4.69) is 10.3 Å². The molecule has 0 bridgehead atoms. The highest BCUT2D eigenvalue weighted by Gasteiger charge is 2.24. The van der Waals surface area contributed by atoms with Gasteiger partial charge in [-0.3, -0.25) is 0 Å². The van der Waals surface area contributed by atoms with Crippen molar-refractivity contribution in [2.45, 2.75) is 32.9 Å². The molecular formula is C11H16N2O2S2. The third kappa shape index (κ3) is 2.94. The van der Waals surface area contributed by atoms with E-state index in [4.69, 9.17) is 0 Å². The number of nitrogens with zero attached hydrogens (tertiary/aromatic N) is 1. The Bertz CT molecular complexity index is 546. The summed E-state index contributed by atoms with van der Waals surface area (Å²) < 4.78 is 22.6. The Balaban J connectivity index is 2.06. The van der Waals surface area contributed by atoms with Crippen LogP contribution in [0.25, 0.3) is 0 Å². The van der Waals surface area contributed by atoms with Crippen molar-refractivity contribution in [2.24, 2.45) is 0 Å². The van der Waals surface area contributed by atoms with Gasteiger partial charge in [0.05, 0.1) is 16.5 Å². The summed E-state index contributed by atoms with van der Waals surface area (Å²) in [6, 6.07) is 0.0426. The second-order valence-electron chi connectivity index (χ2n) is 4.34. The molecule has 2 rings (SSSR count). The van der Waals surface area contributed by atoms with Crippen molar-refractivity contribution in [3.8, 4) is 0 Å². The normalized spacial score (nSPS) is 24.1. The quantitative estimate of drug-likeness (QED) is 0.910. The SMILES string of the molecule is Cc1nc(C)c(C(C)NC2C=CS(=O)(=O)C2)s1. The van der Waals surface area contributed by atoms with Gasteiger partial charge in [-0.1, -0.05) is 6.08 Å². The summed E-state index contributed by atoms with van der Waals surface area (Å²) >= 11 is 1.66. The molecule has 0 saturated carbocycles. The molecule has 0 aromatic carbocycles. The Hall–Kier alpha value is -0.720. The van der Waals surface area contributed by atoms with Gasteiger partial charge in [-0.15, -0.1) is 11.3 Å². The molecule has 0 radical (unpaired) electrons. The van der Waals surface area contributed by atoms with E-state index < -0.39 is 9.84 Å². The topological polar surface area (TPSA) is 59.1 Å². The largest absolute Gasteiger partial charge is 0.302 e. The third-order valence-electron chi connectivity index (χ3n) is 2.73. The Morgan fingerprint density at radius 1 is 1.53 bits per heavy atom. The standard InChI is InChI=1S/C11H16N2O2S2/c1-7-11(16-9(3)12-7)8(2)13-10-4-5-17(14,15)6-10/h4-5,8,10,13H,6H2,1-3H3. The molecule has 0 saturated heterocycles. The molecule has 6 heteroatoms. The molecule has 2 heterocycles. The lowest BCUT2D eigenvalue weighted by Crippen LogP contribution is -2.32. The van der Waals surface area contributed by atoms with Gasteiger partial charge in [-0.25, -0.2) is 13.4 Å². The number of hydrogen-bond donors (Lipinski definition) is 1. The van der Waals surface area contributed by atoms with Crippen LogP contribution < -0.4 is 5.32 Å². The second-order valence-corrected chi connectivity index (χ2v) is 7.50. The first-order chi connectivity index (χ1) is 7.87. The van der Waals surface area contributed by atoms with Crippen LogP contribution in [0.3, 0.4) is 0 Å². The lowest BCUT2D eigenvalue weighted by Gasteiger charge is -2.16. The highest BCUT2D eigenvalue weighted by Crippen LogP contribution is 2.25. The van der Waals surface area contributed by atoms with Gasteiger partial charge in [-0.2, -0.15) is 0 Å². The number of rotatable bonds is 3. The first kappa shape index (κ1) is 12.7. The Labute approximate surface area is 106 Å². The van der Waals surface area contributed by atoms with Gasteiger partial charge in [0.2, 0.25) is 0 Å². The molecule has 1 N–H and O–H groups in total. The Kier molecular flexibility index (Phi) is 3.38. The third-order valence-corrected chi connectivity index (χ3v) is 5.38. The summed E-state index contributed by atoms with van der Waals surface area (Å²) in [7, 11) is -2.98. The number of aromatic nitrogens is 1. The first-order valence-corrected chi connectivity index (χ1v) is 8.01. The van der Waals surface area contributed by atoms with Crippen molar-refractivity contribution in [3.63, 3.8) is 0 Å². The number of aryl methyl sites for hydroxylation is 2. The van der Waals surface area contributed by atoms with Crippen LogP contribution in [0, 0.1) is 13.8 Å². The van der Waals surface area contributed by atoms with E-state index >= 15 is 0 Å². The summed E-state index contributed by atoms with van der Waals surface area (Å²) in [5.74, 6) is 0.161. The first-order valence-electron chi connectivity index (χ1n) is 5.48. The van der Waals surface area contributed by atoms with Gasteiger partial charge in [0.1, 0.15) is 0 Å². The zero-order valence-corrected chi connectivity index (χ0v) is 11.7. The summed E-state index contributed by atoms with van der Waals surface area (Å²) in [5.41, 5.74) is 1.03. The maximum absolute atomic E-state index is 11.3. The predicted octanol–water partition coefficient (Wildman–Crippen LogP) is 1.72. The fraction of sp³-hybridized carbons (Fsp3) is 0.545. The Morgan fingerprint density at radius 2 is 2.24 bits per heavy atom. The van der Waals surface area contributed by atoms with E-state index in [0.717, 1.165) is 10.7 Å². The molecular weight excluding hydrogens is 256 g/mol. The highest BCUT2D eigenvalue weighted by molar-refractivity contribution is 7.94. The van der Waals surface area contributed by atoms with Gasteiger partial charge in [0.15, 0.2) is 9.84 Å². The molecule has 17 heavy (non-hydrogen) atoms. The van der Waals surface area contributed by atoms with Crippen molar-refractivity contribution in [3.05, 3.63) is 27.1 Å². The van der Waals surface area contributed by atoms with Gasteiger partial charge in [-0.05, 0) is 20.8 Å². The smallest absolute Gasteiger partial charge is 0.173 e. The van der Waals surface area contributed by atoms with Crippen LogP contribution in [-0.4, -0.2) is 25.2 Å². The maximum atomic E-state index is 11.3. The lowest BCUT2D eigenvalue weighted by atomic mass is 10.2. The maximum Gasteiger partial charge on any atom is 0.173 e. The van der Waals surface area contributed by atoms with Gasteiger partial charge in [0.25, 0.3) is 0 Å². The van der Waals surface area contributed by atoms with E-state index in [1.165, 1.54) is 10.3 Å². The van der Waals surface area contributed by atoms with Crippen LogP contribution in [0.4, 0.5) is 0 Å². The molecule has 94 valence electrons. The van der Waals surface area contributed by atoms with Gasteiger partial charge < -0.3 is 5.32 Å². The van der Waals surface area contributed by atoms with E-state index in [1.807, 2.05) is 20.8 Å². The van der Waals surface area contributed by atoms with E-state index in [0.29, 0.717) is 0 Å². The van der Waals surface area contributed by atoms with Crippen LogP contribution in [0.5, 0.6) is 0 Å². The van der Waals surface area contributed by atoms with E-state index in [1.54, 1.807) is 17.4 Å². The zero-order chi connectivity index (χ0) is 12.6. The van der Waals surface area contributed by atoms with Gasteiger partial charge >= 0.3 is 0 Å². The average molecular weight is 272 g/mol. The molecule has 0 spiro atoms. The number of sulfone groups is 1. The van der Waals surface area contributed by atoms with E-state index in [9.17, 15) is 8.42 Å². The molecule has 4 nitrogen and oxygen atoms in total. The molecule has 0 fully saturated rings. The fourth-order valence-electron chi connectivity index (χ4n) is 2.03.